The molecule has 0 saturated heterocycles. The fraction of sp³-hybridized carbons (Fsp3) is 0.654. The van der Waals surface area contributed by atoms with Gasteiger partial charge in [-0.25, -0.2) is 0 Å². The van der Waals surface area contributed by atoms with Crippen molar-refractivity contribution in [2.75, 3.05) is 5.32 Å². The Morgan fingerprint density at radius 1 is 1.19 bits per heavy atom. The maximum atomic E-state index is 12.9. The second-order valence-electron chi connectivity index (χ2n) is 10.6. The van der Waals surface area contributed by atoms with Crippen LogP contribution in [0.2, 0.25) is 0 Å². The molecule has 32 heavy (non-hydrogen) atoms. The van der Waals surface area contributed by atoms with E-state index in [9.17, 15) is 9.90 Å². The van der Waals surface area contributed by atoms with Crippen LogP contribution < -0.4 is 5.32 Å². The van der Waals surface area contributed by atoms with E-state index < -0.39 is 6.10 Å². The summed E-state index contributed by atoms with van der Waals surface area (Å²) in [6, 6.07) is 6.41. The average Bonchev–Trinajstić information content (AvgIpc) is 3.43. The normalized spacial score (nSPS) is 22.5. The zero-order valence-corrected chi connectivity index (χ0v) is 20.1. The lowest BCUT2D eigenvalue weighted by atomic mass is 9.71. The highest BCUT2D eigenvalue weighted by Gasteiger charge is 2.40. The first-order valence-corrected chi connectivity index (χ1v) is 12.2. The zero-order chi connectivity index (χ0) is 23.0. The molecule has 0 bridgehead atoms. The Kier molecular flexibility index (Phi) is 6.70. The highest BCUT2D eigenvalue weighted by molar-refractivity contribution is 5.92. The summed E-state index contributed by atoms with van der Waals surface area (Å²) in [7, 11) is 0. The van der Waals surface area contributed by atoms with Crippen LogP contribution in [-0.4, -0.2) is 31.9 Å². The number of hydrogen-bond donors (Lipinski definition) is 2. The summed E-state index contributed by atoms with van der Waals surface area (Å²) in [5.74, 6) is 3.35. The van der Waals surface area contributed by atoms with E-state index >= 15 is 0 Å². The number of aliphatic hydroxyl groups excluding tert-OH is 1. The summed E-state index contributed by atoms with van der Waals surface area (Å²) < 4.78 is 2.28. The van der Waals surface area contributed by atoms with Crippen molar-refractivity contribution in [2.24, 2.45) is 11.8 Å². The number of nitrogens with zero attached hydrogens (tertiary/aromatic N) is 3. The number of amides is 1. The van der Waals surface area contributed by atoms with Crippen LogP contribution >= 0.6 is 0 Å². The molecule has 0 spiro atoms. The standard InChI is InChI=1S/C26H38N4O2/c1-15(2)10-19-12-20(13-19)25-28-29-26(30(25)21-7-8-21)22(18(5)31)14-24(32)27-23-9-6-16(3)11-17(23)4/h6,9,11,15,18-22,31H,7-8,10,12-14H2,1-5H3,(H,27,32)/t18?,19-,20+,22?. The van der Waals surface area contributed by atoms with Crippen molar-refractivity contribution in [1.29, 1.82) is 0 Å². The lowest BCUT2D eigenvalue weighted by molar-refractivity contribution is -0.117. The first-order valence-electron chi connectivity index (χ1n) is 12.2. The molecule has 1 heterocycles. The van der Waals surface area contributed by atoms with E-state index in [1.165, 1.54) is 24.8 Å². The van der Waals surface area contributed by atoms with Gasteiger partial charge in [0.2, 0.25) is 5.91 Å². The molecule has 6 nitrogen and oxygen atoms in total. The molecule has 0 aliphatic heterocycles. The maximum Gasteiger partial charge on any atom is 0.225 e. The fourth-order valence-electron chi connectivity index (χ4n) is 5.19. The van der Waals surface area contributed by atoms with Crippen molar-refractivity contribution in [3.8, 4) is 0 Å². The van der Waals surface area contributed by atoms with Crippen LogP contribution in [0.1, 0.15) is 99.9 Å². The van der Waals surface area contributed by atoms with E-state index in [0.29, 0.717) is 12.0 Å². The minimum atomic E-state index is -0.676. The first-order chi connectivity index (χ1) is 15.2. The molecule has 2 saturated carbocycles. The van der Waals surface area contributed by atoms with Gasteiger partial charge in [-0.15, -0.1) is 10.2 Å². The lowest BCUT2D eigenvalue weighted by Gasteiger charge is -2.36. The summed E-state index contributed by atoms with van der Waals surface area (Å²) >= 11 is 0. The van der Waals surface area contributed by atoms with Gasteiger partial charge in [0.25, 0.3) is 0 Å². The van der Waals surface area contributed by atoms with Crippen LogP contribution in [0.25, 0.3) is 0 Å². The van der Waals surface area contributed by atoms with Gasteiger partial charge in [0.15, 0.2) is 0 Å². The molecule has 1 aromatic heterocycles. The molecule has 1 amide bonds. The minimum Gasteiger partial charge on any atom is -0.393 e. The van der Waals surface area contributed by atoms with Gasteiger partial charge in [-0.3, -0.25) is 4.79 Å². The summed E-state index contributed by atoms with van der Waals surface area (Å²) in [6.45, 7) is 10.4. The Bertz CT molecular complexity index is 955. The Hall–Kier alpha value is -2.21. The Labute approximate surface area is 191 Å². The molecule has 2 atom stereocenters. The highest BCUT2D eigenvalue weighted by Crippen LogP contribution is 2.48. The van der Waals surface area contributed by atoms with E-state index in [1.54, 1.807) is 6.92 Å². The van der Waals surface area contributed by atoms with Crippen molar-refractivity contribution >= 4 is 11.6 Å². The van der Waals surface area contributed by atoms with E-state index in [4.69, 9.17) is 0 Å². The van der Waals surface area contributed by atoms with Crippen LogP contribution in [0.4, 0.5) is 5.69 Å². The Morgan fingerprint density at radius 3 is 2.50 bits per heavy atom. The van der Waals surface area contributed by atoms with Crippen molar-refractivity contribution in [3.63, 3.8) is 0 Å². The molecule has 2 N–H and O–H groups in total. The SMILES string of the molecule is Cc1ccc(NC(=O)CC(c2nnc([C@H]3C[C@@H](CC(C)C)C3)n2C2CC2)C(C)O)c(C)c1. The Balaban J connectivity index is 1.50. The third-order valence-corrected chi connectivity index (χ3v) is 7.04. The number of carbonyl (C=O) groups excluding carboxylic acids is 1. The second kappa shape index (κ2) is 9.34. The number of aromatic nitrogens is 3. The quantitative estimate of drug-likeness (QED) is 0.559. The monoisotopic (exact) mass is 438 g/mol. The first kappa shape index (κ1) is 23.0. The number of aryl methyl sites for hydroxylation is 2. The number of anilines is 1. The molecule has 6 heteroatoms. The van der Waals surface area contributed by atoms with Crippen molar-refractivity contribution in [2.45, 2.75) is 97.1 Å². The second-order valence-corrected chi connectivity index (χ2v) is 10.6. The van der Waals surface area contributed by atoms with Gasteiger partial charge >= 0.3 is 0 Å². The van der Waals surface area contributed by atoms with Gasteiger partial charge in [-0.05, 0) is 76.3 Å². The van der Waals surface area contributed by atoms with Crippen LogP contribution in [0, 0.1) is 25.7 Å². The number of nitrogens with one attached hydrogen (secondary N) is 1. The van der Waals surface area contributed by atoms with Crippen molar-refractivity contribution < 1.29 is 9.90 Å². The third kappa shape index (κ3) is 5.06. The lowest BCUT2D eigenvalue weighted by Crippen LogP contribution is -2.28. The van der Waals surface area contributed by atoms with Crippen LogP contribution in [0.3, 0.4) is 0 Å². The predicted molar refractivity (Wildman–Crippen MR) is 127 cm³/mol. The number of hydrogen-bond acceptors (Lipinski definition) is 4. The van der Waals surface area contributed by atoms with Gasteiger partial charge < -0.3 is 15.0 Å². The zero-order valence-electron chi connectivity index (χ0n) is 20.1. The van der Waals surface area contributed by atoms with Gasteiger partial charge in [-0.1, -0.05) is 31.5 Å². The van der Waals surface area contributed by atoms with E-state index in [-0.39, 0.29) is 18.2 Å². The molecule has 1 aromatic carbocycles. The molecule has 2 unspecified atom stereocenters. The van der Waals surface area contributed by atoms with Crippen LogP contribution in [-0.2, 0) is 4.79 Å². The molecular formula is C26H38N4O2. The number of benzene rings is 1. The average molecular weight is 439 g/mol. The number of rotatable bonds is 9. The van der Waals surface area contributed by atoms with Crippen molar-refractivity contribution in [1.82, 2.24) is 14.8 Å². The van der Waals surface area contributed by atoms with Gasteiger partial charge in [0.05, 0.1) is 12.0 Å². The van der Waals surface area contributed by atoms with E-state index in [2.05, 4.69) is 40.0 Å². The molecule has 2 aliphatic carbocycles. The minimum absolute atomic E-state index is 0.101. The van der Waals surface area contributed by atoms with Crippen LogP contribution in [0.15, 0.2) is 18.2 Å². The van der Waals surface area contributed by atoms with Gasteiger partial charge in [0.1, 0.15) is 11.6 Å². The van der Waals surface area contributed by atoms with E-state index in [1.807, 2.05) is 26.0 Å². The smallest absolute Gasteiger partial charge is 0.225 e. The fourth-order valence-corrected chi connectivity index (χ4v) is 5.19. The summed E-state index contributed by atoms with van der Waals surface area (Å²) in [4.78, 5) is 12.9. The Morgan fingerprint density at radius 2 is 1.91 bits per heavy atom. The van der Waals surface area contributed by atoms with Crippen LogP contribution in [0.5, 0.6) is 0 Å². The summed E-state index contributed by atoms with van der Waals surface area (Å²) in [5.41, 5.74) is 3.02. The topological polar surface area (TPSA) is 80.0 Å². The molecule has 4 rings (SSSR count). The highest BCUT2D eigenvalue weighted by atomic mass is 16.3. The molecule has 2 aromatic rings. The maximum absolute atomic E-state index is 12.9. The molecule has 2 aliphatic rings. The molecule has 0 radical (unpaired) electrons. The number of aliphatic hydroxyl groups is 1. The van der Waals surface area contributed by atoms with Crippen molar-refractivity contribution in [3.05, 3.63) is 41.0 Å². The predicted octanol–water partition coefficient (Wildman–Crippen LogP) is 5.26. The summed E-state index contributed by atoms with van der Waals surface area (Å²) in [6.07, 6.45) is 5.39. The molecule has 2 fully saturated rings. The third-order valence-electron chi connectivity index (χ3n) is 7.04. The van der Waals surface area contributed by atoms with E-state index in [0.717, 1.165) is 47.6 Å². The van der Waals surface area contributed by atoms with Gasteiger partial charge in [0, 0.05) is 24.1 Å². The number of carbonyl (C=O) groups is 1. The largest absolute Gasteiger partial charge is 0.393 e. The van der Waals surface area contributed by atoms with Gasteiger partial charge in [-0.2, -0.15) is 0 Å². The molecular weight excluding hydrogens is 400 g/mol. The summed E-state index contributed by atoms with van der Waals surface area (Å²) in [5, 5.41) is 22.8. The molecule has 174 valence electrons.